The first-order valence-corrected chi connectivity index (χ1v) is 10.1. The molecule has 3 rings (SSSR count). The lowest BCUT2D eigenvalue weighted by Gasteiger charge is -2.16. The van der Waals surface area contributed by atoms with Gasteiger partial charge in [-0.2, -0.15) is 0 Å². The van der Waals surface area contributed by atoms with Crippen LogP contribution in [-0.2, 0) is 16.0 Å². The molecular formula is C23H22ClFN2O5. The Morgan fingerprint density at radius 3 is 2.78 bits per heavy atom. The first-order chi connectivity index (χ1) is 15.5. The van der Waals surface area contributed by atoms with Gasteiger partial charge in [0.05, 0.1) is 50.6 Å². The normalized spacial score (nSPS) is 10.9. The van der Waals surface area contributed by atoms with E-state index in [0.717, 1.165) is 0 Å². The predicted octanol–water partition coefficient (Wildman–Crippen LogP) is 5.55. The number of methoxy groups -OCH3 is 2. The van der Waals surface area contributed by atoms with Crippen molar-refractivity contribution in [3.05, 3.63) is 70.7 Å². The predicted molar refractivity (Wildman–Crippen MR) is 119 cm³/mol. The van der Waals surface area contributed by atoms with Gasteiger partial charge in [0.25, 0.3) is 0 Å². The van der Waals surface area contributed by atoms with Gasteiger partial charge in [-0.1, -0.05) is 11.6 Å². The van der Waals surface area contributed by atoms with Crippen LogP contribution in [-0.4, -0.2) is 31.8 Å². The monoisotopic (exact) mass is 460 g/mol. The number of hydrogen-bond acceptors (Lipinski definition) is 7. The van der Waals surface area contributed by atoms with Crippen LogP contribution in [0.15, 0.2) is 47.3 Å². The summed E-state index contributed by atoms with van der Waals surface area (Å²) in [5, 5.41) is 3.32. The van der Waals surface area contributed by atoms with Crippen LogP contribution in [0, 0.1) is 5.82 Å². The van der Waals surface area contributed by atoms with Crippen LogP contribution in [0.1, 0.15) is 28.7 Å². The largest absolute Gasteiger partial charge is 0.501 e. The van der Waals surface area contributed by atoms with Crippen LogP contribution in [0.5, 0.6) is 5.75 Å². The molecule has 3 aromatic rings. The second-order valence-corrected chi connectivity index (χ2v) is 6.85. The van der Waals surface area contributed by atoms with Gasteiger partial charge in [-0.25, -0.2) is 14.2 Å². The SMILES string of the molecule is CCO/C=C\c1c(NCc2ccco2)cc(-c2ccc(Cl)c(OC)c2F)nc1C(=O)OC. The van der Waals surface area contributed by atoms with E-state index in [-0.39, 0.29) is 27.7 Å². The van der Waals surface area contributed by atoms with Crippen molar-refractivity contribution >= 4 is 29.3 Å². The van der Waals surface area contributed by atoms with Gasteiger partial charge < -0.3 is 23.9 Å². The maximum Gasteiger partial charge on any atom is 0.357 e. The molecule has 2 aromatic heterocycles. The third-order valence-corrected chi connectivity index (χ3v) is 4.79. The smallest absolute Gasteiger partial charge is 0.357 e. The van der Waals surface area contributed by atoms with E-state index >= 15 is 4.39 Å². The molecule has 1 N–H and O–H groups in total. The number of pyridine rings is 1. The van der Waals surface area contributed by atoms with Crippen molar-refractivity contribution in [3.63, 3.8) is 0 Å². The molecule has 0 spiro atoms. The summed E-state index contributed by atoms with van der Waals surface area (Å²) < 4.78 is 35.7. The van der Waals surface area contributed by atoms with Crippen molar-refractivity contribution in [3.8, 4) is 17.0 Å². The molecule has 2 heterocycles. The number of benzene rings is 1. The quantitative estimate of drug-likeness (QED) is 0.331. The Morgan fingerprint density at radius 1 is 1.31 bits per heavy atom. The molecule has 0 aliphatic rings. The van der Waals surface area contributed by atoms with Crippen LogP contribution in [0.25, 0.3) is 17.3 Å². The number of nitrogens with one attached hydrogen (secondary N) is 1. The molecular weight excluding hydrogens is 439 g/mol. The number of hydrogen-bond donors (Lipinski definition) is 1. The number of aromatic nitrogens is 1. The van der Waals surface area contributed by atoms with Gasteiger partial charge in [0.1, 0.15) is 5.76 Å². The fraction of sp³-hybridized carbons (Fsp3) is 0.217. The van der Waals surface area contributed by atoms with Crippen LogP contribution in [0.3, 0.4) is 0 Å². The molecule has 0 bridgehead atoms. The van der Waals surface area contributed by atoms with Gasteiger partial charge in [0.2, 0.25) is 0 Å². The highest BCUT2D eigenvalue weighted by Gasteiger charge is 2.22. The standard InChI is InChI=1S/C23H22ClFN2O5/c1-4-31-11-9-16-18(26-13-14-6-5-10-32-14)12-19(27-21(16)23(28)30-3)15-7-8-17(24)22(29-2)20(15)25/h5-12H,4,13H2,1-3H3,(H,26,27)/b11-9-. The zero-order valence-electron chi connectivity index (χ0n) is 17.8. The molecule has 0 amide bonds. The topological polar surface area (TPSA) is 82.8 Å². The average molecular weight is 461 g/mol. The number of furan rings is 1. The van der Waals surface area contributed by atoms with Gasteiger partial charge in [-0.05, 0) is 43.3 Å². The van der Waals surface area contributed by atoms with Crippen molar-refractivity contribution < 1.29 is 27.8 Å². The van der Waals surface area contributed by atoms with Crippen molar-refractivity contribution in [1.29, 1.82) is 0 Å². The molecule has 0 radical (unpaired) electrons. The molecule has 7 nitrogen and oxygen atoms in total. The summed E-state index contributed by atoms with van der Waals surface area (Å²) in [5.74, 6) is -0.832. The lowest BCUT2D eigenvalue weighted by molar-refractivity contribution is 0.0594. The Morgan fingerprint density at radius 2 is 2.12 bits per heavy atom. The van der Waals surface area contributed by atoms with Crippen molar-refractivity contribution in [1.82, 2.24) is 4.98 Å². The summed E-state index contributed by atoms with van der Waals surface area (Å²) >= 11 is 6.02. The summed E-state index contributed by atoms with van der Waals surface area (Å²) in [6.45, 7) is 2.60. The van der Waals surface area contributed by atoms with E-state index in [1.807, 2.05) is 6.92 Å². The highest BCUT2D eigenvalue weighted by atomic mass is 35.5. The first kappa shape index (κ1) is 23.1. The molecule has 0 saturated carbocycles. The maximum absolute atomic E-state index is 15.1. The number of anilines is 1. The molecule has 0 atom stereocenters. The Labute approximate surface area is 189 Å². The number of carbonyl (C=O) groups is 1. The van der Waals surface area contributed by atoms with Gasteiger partial charge in [0, 0.05) is 16.8 Å². The molecule has 0 unspecified atom stereocenters. The number of halogens is 2. The van der Waals surface area contributed by atoms with Gasteiger partial charge >= 0.3 is 5.97 Å². The molecule has 168 valence electrons. The fourth-order valence-corrected chi connectivity index (χ4v) is 3.21. The van der Waals surface area contributed by atoms with E-state index in [1.54, 1.807) is 30.5 Å². The van der Waals surface area contributed by atoms with E-state index < -0.39 is 11.8 Å². The Bertz CT molecular complexity index is 1120. The van der Waals surface area contributed by atoms with Crippen LogP contribution < -0.4 is 10.1 Å². The van der Waals surface area contributed by atoms with Gasteiger partial charge in [-0.15, -0.1) is 0 Å². The van der Waals surface area contributed by atoms with Crippen LogP contribution in [0.4, 0.5) is 10.1 Å². The third kappa shape index (κ3) is 5.03. The number of carbonyl (C=O) groups excluding carboxylic acids is 1. The Balaban J connectivity index is 2.18. The molecule has 0 fully saturated rings. The molecule has 0 saturated heterocycles. The maximum atomic E-state index is 15.1. The summed E-state index contributed by atoms with van der Waals surface area (Å²) in [7, 11) is 2.56. The van der Waals surface area contributed by atoms with Crippen LogP contribution >= 0.6 is 11.6 Å². The minimum atomic E-state index is -0.696. The number of nitrogens with zero attached hydrogens (tertiary/aromatic N) is 1. The third-order valence-electron chi connectivity index (χ3n) is 4.50. The summed E-state index contributed by atoms with van der Waals surface area (Å²) in [6, 6.07) is 8.15. The molecule has 0 aliphatic carbocycles. The highest BCUT2D eigenvalue weighted by molar-refractivity contribution is 6.32. The molecule has 0 aliphatic heterocycles. The average Bonchev–Trinajstić information content (AvgIpc) is 3.32. The molecule has 1 aromatic carbocycles. The van der Waals surface area contributed by atoms with Crippen LogP contribution in [0.2, 0.25) is 5.02 Å². The number of rotatable bonds is 9. The zero-order chi connectivity index (χ0) is 23.1. The highest BCUT2D eigenvalue weighted by Crippen LogP contribution is 2.36. The summed E-state index contributed by atoms with van der Waals surface area (Å²) in [4.78, 5) is 16.9. The second-order valence-electron chi connectivity index (χ2n) is 6.44. The van der Waals surface area contributed by atoms with E-state index in [4.69, 9.17) is 30.2 Å². The number of esters is 1. The first-order valence-electron chi connectivity index (χ1n) is 9.70. The van der Waals surface area contributed by atoms with Crippen molar-refractivity contribution in [2.75, 3.05) is 26.1 Å². The lowest BCUT2D eigenvalue weighted by Crippen LogP contribution is -2.11. The van der Waals surface area contributed by atoms with Gasteiger partial charge in [0.15, 0.2) is 17.3 Å². The minimum absolute atomic E-state index is 0.0174. The second kappa shape index (κ2) is 10.7. The summed E-state index contributed by atoms with van der Waals surface area (Å²) in [5.41, 5.74) is 1.19. The van der Waals surface area contributed by atoms with E-state index in [2.05, 4.69) is 10.3 Å². The minimum Gasteiger partial charge on any atom is -0.501 e. The van der Waals surface area contributed by atoms with E-state index in [0.29, 0.717) is 30.2 Å². The molecule has 9 heteroatoms. The zero-order valence-corrected chi connectivity index (χ0v) is 18.5. The fourth-order valence-electron chi connectivity index (χ4n) is 2.99. The van der Waals surface area contributed by atoms with E-state index in [1.165, 1.54) is 32.6 Å². The van der Waals surface area contributed by atoms with Crippen molar-refractivity contribution in [2.45, 2.75) is 13.5 Å². The summed E-state index contributed by atoms with van der Waals surface area (Å²) in [6.07, 6.45) is 4.60. The molecule has 32 heavy (non-hydrogen) atoms. The van der Waals surface area contributed by atoms with Crippen molar-refractivity contribution in [2.24, 2.45) is 0 Å². The number of ether oxygens (including phenoxy) is 3. The Kier molecular flexibility index (Phi) is 7.72. The lowest BCUT2D eigenvalue weighted by atomic mass is 10.0. The Hall–Kier alpha value is -3.52. The van der Waals surface area contributed by atoms with E-state index in [9.17, 15) is 4.79 Å². The van der Waals surface area contributed by atoms with Gasteiger partial charge in [-0.3, -0.25) is 0 Å².